The van der Waals surface area contributed by atoms with Crippen LogP contribution in [0.4, 0.5) is 11.4 Å². The van der Waals surface area contributed by atoms with Crippen molar-refractivity contribution in [2.24, 2.45) is 5.41 Å². The van der Waals surface area contributed by atoms with Gasteiger partial charge in [-0.3, -0.25) is 24.7 Å². The van der Waals surface area contributed by atoms with Crippen molar-refractivity contribution < 1.29 is 19.4 Å². The molecule has 9 nitrogen and oxygen atoms in total. The normalized spacial score (nSPS) is 25.0. The summed E-state index contributed by atoms with van der Waals surface area (Å²) in [5, 5.41) is 13.5. The van der Waals surface area contributed by atoms with E-state index in [4.69, 9.17) is 4.74 Å². The summed E-state index contributed by atoms with van der Waals surface area (Å²) in [5.74, 6) is 1.15. The fourth-order valence-electron chi connectivity index (χ4n) is 10.7. The maximum absolute atomic E-state index is 12.6. The van der Waals surface area contributed by atoms with Gasteiger partial charge in [0.05, 0.1) is 6.04 Å². The number of rotatable bonds is 8. The second-order valence-electron chi connectivity index (χ2n) is 19.2. The number of carbonyl (C=O) groups is 2. The Hall–Kier alpha value is -4.70. The Bertz CT molecular complexity index is 2150. The van der Waals surface area contributed by atoms with E-state index in [1.165, 1.54) is 46.5 Å². The van der Waals surface area contributed by atoms with Gasteiger partial charge < -0.3 is 19.6 Å². The van der Waals surface area contributed by atoms with Crippen molar-refractivity contribution in [3.05, 3.63) is 124 Å². The van der Waals surface area contributed by atoms with E-state index >= 15 is 0 Å². The summed E-state index contributed by atoms with van der Waals surface area (Å²) in [4.78, 5) is 33.8. The molecular weight excluding hydrogens is 735 g/mol. The molecule has 0 spiro atoms. The molecular formula is C50H61N5O4. The molecule has 0 aromatic heterocycles. The van der Waals surface area contributed by atoms with E-state index in [1.807, 2.05) is 11.0 Å². The molecule has 4 aromatic rings. The van der Waals surface area contributed by atoms with Crippen LogP contribution in [-0.4, -0.2) is 84.2 Å². The number of benzene rings is 4. The van der Waals surface area contributed by atoms with Gasteiger partial charge in [-0.25, -0.2) is 0 Å². The smallest absolute Gasteiger partial charge is 0.244 e. The molecule has 9 heteroatoms. The Morgan fingerprint density at radius 1 is 0.746 bits per heavy atom. The third kappa shape index (κ3) is 8.39. The van der Waals surface area contributed by atoms with Gasteiger partial charge in [0.1, 0.15) is 17.6 Å². The van der Waals surface area contributed by atoms with Crippen LogP contribution in [0.25, 0.3) is 0 Å². The largest absolute Gasteiger partial charge is 0.488 e. The van der Waals surface area contributed by atoms with Crippen molar-refractivity contribution in [2.45, 2.75) is 102 Å². The fraction of sp³-hybridized carbons (Fsp3) is 0.480. The molecule has 3 saturated heterocycles. The minimum atomic E-state index is -0.831. The summed E-state index contributed by atoms with van der Waals surface area (Å²) < 4.78 is 6.29. The van der Waals surface area contributed by atoms with Crippen LogP contribution in [0.3, 0.4) is 0 Å². The zero-order valence-electron chi connectivity index (χ0n) is 35.3. The number of piperazine rings is 1. The first-order valence-corrected chi connectivity index (χ1v) is 22.0. The van der Waals surface area contributed by atoms with Gasteiger partial charge in [-0.1, -0.05) is 61.5 Å². The summed E-state index contributed by atoms with van der Waals surface area (Å²) in [7, 11) is 0. The third-order valence-corrected chi connectivity index (χ3v) is 13.8. The highest BCUT2D eigenvalue weighted by molar-refractivity contribution is 6.00. The molecule has 4 aromatic carbocycles. The Morgan fingerprint density at radius 2 is 1.44 bits per heavy atom. The van der Waals surface area contributed by atoms with E-state index in [1.54, 1.807) is 0 Å². The Balaban J connectivity index is 0.804. The van der Waals surface area contributed by atoms with Crippen LogP contribution in [0, 0.1) is 5.41 Å². The van der Waals surface area contributed by atoms with Gasteiger partial charge in [0.25, 0.3) is 0 Å². The SMILES string of the molecule is CC1(CN2CCN(c3ccc4c(c3)CN(C3CCC(=O)NC3=O)C4O)CC2)CCN(c2ccc([C@@H]3c4ccc(OC(C)(C)C)cc4CC[C@@H]3c3ccccc3)cc2)CC1. The summed E-state index contributed by atoms with van der Waals surface area (Å²) in [5.41, 5.74) is 10.1. The lowest BCUT2D eigenvalue weighted by Crippen LogP contribution is -2.51. The van der Waals surface area contributed by atoms with Gasteiger partial charge in [0, 0.05) is 81.6 Å². The van der Waals surface area contributed by atoms with Crippen LogP contribution in [0.2, 0.25) is 0 Å². The lowest BCUT2D eigenvalue weighted by atomic mass is 9.69. The van der Waals surface area contributed by atoms with Crippen LogP contribution in [0.15, 0.2) is 91.0 Å². The number of anilines is 2. The molecule has 2 N–H and O–H groups in total. The van der Waals surface area contributed by atoms with Gasteiger partial charge in [-0.15, -0.1) is 0 Å². The third-order valence-electron chi connectivity index (χ3n) is 13.8. The first kappa shape index (κ1) is 39.7. The first-order valence-electron chi connectivity index (χ1n) is 22.0. The zero-order chi connectivity index (χ0) is 40.9. The Labute approximate surface area is 350 Å². The van der Waals surface area contributed by atoms with E-state index < -0.39 is 12.3 Å². The molecule has 4 atom stereocenters. The number of aliphatic hydroxyl groups excluding tert-OH is 1. The maximum Gasteiger partial charge on any atom is 0.244 e. The highest BCUT2D eigenvalue weighted by Crippen LogP contribution is 2.48. The number of hydrogen-bond donors (Lipinski definition) is 2. The number of aliphatic hydroxyl groups is 1. The average Bonchev–Trinajstić information content (AvgIpc) is 3.55. The first-order chi connectivity index (χ1) is 28.4. The second kappa shape index (κ2) is 16.1. The number of nitrogens with zero attached hydrogens (tertiary/aromatic N) is 4. The van der Waals surface area contributed by atoms with Crippen molar-refractivity contribution in [3.8, 4) is 5.75 Å². The molecule has 9 rings (SSSR count). The number of carbonyl (C=O) groups excluding carboxylic acids is 2. The summed E-state index contributed by atoms with van der Waals surface area (Å²) in [6.07, 6.45) is 4.45. The van der Waals surface area contributed by atoms with Gasteiger partial charge in [0.15, 0.2) is 0 Å². The number of ether oxygens (including phenoxy) is 1. The van der Waals surface area contributed by atoms with Crippen molar-refractivity contribution in [3.63, 3.8) is 0 Å². The van der Waals surface area contributed by atoms with Gasteiger partial charge in [-0.05, 0) is 128 Å². The van der Waals surface area contributed by atoms with Gasteiger partial charge >= 0.3 is 0 Å². The number of hydrogen-bond acceptors (Lipinski definition) is 8. The lowest BCUT2D eigenvalue weighted by molar-refractivity contribution is -0.141. The molecule has 310 valence electrons. The van der Waals surface area contributed by atoms with Gasteiger partial charge in [-0.2, -0.15) is 0 Å². The highest BCUT2D eigenvalue weighted by atomic mass is 16.5. The molecule has 59 heavy (non-hydrogen) atoms. The van der Waals surface area contributed by atoms with Crippen molar-refractivity contribution in [2.75, 3.05) is 55.6 Å². The van der Waals surface area contributed by atoms with Crippen molar-refractivity contribution in [1.29, 1.82) is 0 Å². The molecule has 5 aliphatic rings. The van der Waals surface area contributed by atoms with E-state index in [2.05, 4.69) is 133 Å². The van der Waals surface area contributed by atoms with Gasteiger partial charge in [0.2, 0.25) is 11.8 Å². The van der Waals surface area contributed by atoms with Crippen LogP contribution < -0.4 is 19.9 Å². The Morgan fingerprint density at radius 3 is 2.15 bits per heavy atom. The minimum Gasteiger partial charge on any atom is -0.488 e. The van der Waals surface area contributed by atoms with Crippen LogP contribution in [0.1, 0.15) is 111 Å². The molecule has 0 radical (unpaired) electrons. The second-order valence-corrected chi connectivity index (χ2v) is 19.2. The summed E-state index contributed by atoms with van der Waals surface area (Å²) in [6.45, 7) is 16.6. The monoisotopic (exact) mass is 795 g/mol. The topological polar surface area (TPSA) is 88.6 Å². The molecule has 2 amide bonds. The average molecular weight is 796 g/mol. The number of amides is 2. The molecule has 0 saturated carbocycles. The maximum atomic E-state index is 12.6. The van der Waals surface area contributed by atoms with Crippen molar-refractivity contribution >= 4 is 23.2 Å². The molecule has 1 aliphatic carbocycles. The number of imide groups is 1. The number of piperidine rings is 2. The quantitative estimate of drug-likeness (QED) is 0.175. The molecule has 3 fully saturated rings. The van der Waals surface area contributed by atoms with Crippen LogP contribution >= 0.6 is 0 Å². The summed E-state index contributed by atoms with van der Waals surface area (Å²) >= 11 is 0. The molecule has 2 unspecified atom stereocenters. The molecule has 0 bridgehead atoms. The van der Waals surface area contributed by atoms with E-state index in [-0.39, 0.29) is 22.8 Å². The highest BCUT2D eigenvalue weighted by Gasteiger charge is 2.40. The van der Waals surface area contributed by atoms with E-state index in [9.17, 15) is 14.7 Å². The number of aryl methyl sites for hydroxylation is 1. The zero-order valence-corrected chi connectivity index (χ0v) is 35.3. The van der Waals surface area contributed by atoms with Crippen LogP contribution in [0.5, 0.6) is 5.75 Å². The standard InChI is InChI=1S/C50H61N5O4/c1-49(2,3)59-40-16-19-42-36(31-40)12-17-41(34-8-6-5-7-9-34)46(42)35-10-13-38(14-11-35)53-24-22-50(4,23-25-53)33-52-26-28-54(29-27-52)39-15-18-43-37(30-39)32-55(48(43)58)44-20-21-45(56)51-47(44)57/h5-11,13-16,18-19,30-31,41,44,46,48,58H,12,17,20-29,32-33H2,1-4H3,(H,51,56,57)/t41-,44?,46+,48?/m1/s1. The van der Waals surface area contributed by atoms with E-state index in [0.717, 1.165) is 75.5 Å². The summed E-state index contributed by atoms with van der Waals surface area (Å²) in [6, 6.07) is 33.3. The minimum absolute atomic E-state index is 0.225. The van der Waals surface area contributed by atoms with Crippen molar-refractivity contribution in [1.82, 2.24) is 15.1 Å². The fourth-order valence-corrected chi connectivity index (χ4v) is 10.7. The predicted octanol–water partition coefficient (Wildman–Crippen LogP) is 7.77. The molecule has 4 heterocycles. The Kier molecular flexibility index (Phi) is 10.8. The number of nitrogens with one attached hydrogen (secondary N) is 1. The predicted molar refractivity (Wildman–Crippen MR) is 234 cm³/mol. The van der Waals surface area contributed by atoms with E-state index in [0.29, 0.717) is 31.2 Å². The molecule has 4 aliphatic heterocycles. The van der Waals surface area contributed by atoms with Crippen LogP contribution in [-0.2, 0) is 22.6 Å². The lowest BCUT2D eigenvalue weighted by Gasteiger charge is -2.45. The number of fused-ring (bicyclic) bond motifs is 2.